The number of nitrogens with one attached hydrogen (secondary N) is 2. The highest BCUT2D eigenvalue weighted by molar-refractivity contribution is 5.96. The molecule has 2 heterocycles. The Bertz CT molecular complexity index is 917. The van der Waals surface area contributed by atoms with Gasteiger partial charge in [0.15, 0.2) is 0 Å². The molecule has 2 aliphatic rings. The summed E-state index contributed by atoms with van der Waals surface area (Å²) in [6, 6.07) is 14.7. The van der Waals surface area contributed by atoms with Crippen molar-refractivity contribution in [3.8, 4) is 5.75 Å². The van der Waals surface area contributed by atoms with E-state index in [0.717, 1.165) is 51.1 Å². The van der Waals surface area contributed by atoms with Gasteiger partial charge in [0.2, 0.25) is 5.91 Å². The van der Waals surface area contributed by atoms with Crippen LogP contribution in [0.15, 0.2) is 48.5 Å². The number of carbonyl (C=O) groups excluding carboxylic acids is 2. The molecule has 2 amide bonds. The fourth-order valence-corrected chi connectivity index (χ4v) is 4.23. The summed E-state index contributed by atoms with van der Waals surface area (Å²) in [4.78, 5) is 27.1. The van der Waals surface area contributed by atoms with Crippen LogP contribution in [-0.4, -0.2) is 55.7 Å². The number of amides is 2. The number of rotatable bonds is 8. The van der Waals surface area contributed by atoms with E-state index >= 15 is 0 Å². The summed E-state index contributed by atoms with van der Waals surface area (Å²) < 4.78 is 11.5. The van der Waals surface area contributed by atoms with Gasteiger partial charge in [-0.1, -0.05) is 25.0 Å². The van der Waals surface area contributed by atoms with E-state index in [2.05, 4.69) is 10.6 Å². The van der Waals surface area contributed by atoms with Crippen LogP contribution in [0.3, 0.4) is 0 Å². The number of benzene rings is 2. The van der Waals surface area contributed by atoms with Crippen LogP contribution in [0, 0.1) is 0 Å². The summed E-state index contributed by atoms with van der Waals surface area (Å²) in [5, 5.41) is 6.03. The third-order valence-corrected chi connectivity index (χ3v) is 6.08. The molecule has 1 unspecified atom stereocenters. The topological polar surface area (TPSA) is 79.9 Å². The fraction of sp³-hybridized carbons (Fsp3) is 0.462. The zero-order valence-corrected chi connectivity index (χ0v) is 19.1. The van der Waals surface area contributed by atoms with E-state index in [-0.39, 0.29) is 24.5 Å². The Morgan fingerprint density at radius 1 is 0.970 bits per heavy atom. The van der Waals surface area contributed by atoms with Gasteiger partial charge in [0.05, 0.1) is 18.3 Å². The quantitative estimate of drug-likeness (QED) is 0.625. The molecule has 0 radical (unpaired) electrons. The van der Waals surface area contributed by atoms with Crippen molar-refractivity contribution in [1.29, 1.82) is 0 Å². The molecule has 176 valence electrons. The summed E-state index contributed by atoms with van der Waals surface area (Å²) in [7, 11) is 0. The highest BCUT2D eigenvalue weighted by atomic mass is 16.5. The Morgan fingerprint density at radius 2 is 1.73 bits per heavy atom. The maximum Gasteiger partial charge on any atom is 0.253 e. The van der Waals surface area contributed by atoms with Crippen molar-refractivity contribution in [1.82, 2.24) is 4.90 Å². The highest BCUT2D eigenvalue weighted by Crippen LogP contribution is 2.25. The molecule has 7 nitrogen and oxygen atoms in total. The Labute approximate surface area is 195 Å². The van der Waals surface area contributed by atoms with E-state index in [9.17, 15) is 9.59 Å². The lowest BCUT2D eigenvalue weighted by Gasteiger charge is -2.20. The molecule has 2 aromatic rings. The lowest BCUT2D eigenvalue weighted by molar-refractivity contribution is -0.114. The Hall–Kier alpha value is -3.06. The molecular weight excluding hydrogens is 418 g/mol. The van der Waals surface area contributed by atoms with Crippen LogP contribution in [0.1, 0.15) is 48.9 Å². The number of likely N-dealkylation sites (tertiary alicyclic amines) is 1. The summed E-state index contributed by atoms with van der Waals surface area (Å²) in [5.41, 5.74) is 2.09. The van der Waals surface area contributed by atoms with Crippen molar-refractivity contribution < 1.29 is 19.1 Å². The predicted molar refractivity (Wildman–Crippen MR) is 129 cm³/mol. The highest BCUT2D eigenvalue weighted by Gasteiger charge is 2.18. The lowest BCUT2D eigenvalue weighted by atomic mass is 10.1. The van der Waals surface area contributed by atoms with Gasteiger partial charge in [-0.2, -0.15) is 0 Å². The van der Waals surface area contributed by atoms with Crippen LogP contribution in [0.2, 0.25) is 0 Å². The first-order valence-electron chi connectivity index (χ1n) is 12.0. The molecule has 2 N–H and O–H groups in total. The third-order valence-electron chi connectivity index (χ3n) is 6.08. The molecule has 1 atom stereocenters. The van der Waals surface area contributed by atoms with Gasteiger partial charge < -0.3 is 25.0 Å². The van der Waals surface area contributed by atoms with Crippen molar-refractivity contribution >= 4 is 23.2 Å². The van der Waals surface area contributed by atoms with Gasteiger partial charge in [-0.05, 0) is 62.1 Å². The van der Waals surface area contributed by atoms with Crippen LogP contribution >= 0.6 is 0 Å². The first-order valence-corrected chi connectivity index (χ1v) is 12.0. The van der Waals surface area contributed by atoms with Crippen molar-refractivity contribution in [2.75, 3.05) is 43.5 Å². The smallest absolute Gasteiger partial charge is 0.253 e. The third kappa shape index (κ3) is 6.71. The molecule has 0 aliphatic carbocycles. The van der Waals surface area contributed by atoms with Crippen molar-refractivity contribution in [3.05, 3.63) is 54.1 Å². The van der Waals surface area contributed by atoms with E-state index in [4.69, 9.17) is 9.47 Å². The number of nitrogens with zero attached hydrogens (tertiary/aromatic N) is 1. The molecule has 0 saturated carbocycles. The van der Waals surface area contributed by atoms with Crippen LogP contribution < -0.4 is 15.4 Å². The van der Waals surface area contributed by atoms with Gasteiger partial charge in [-0.3, -0.25) is 9.59 Å². The zero-order chi connectivity index (χ0) is 22.9. The second-order valence-corrected chi connectivity index (χ2v) is 8.63. The van der Waals surface area contributed by atoms with E-state index in [1.165, 1.54) is 12.8 Å². The molecule has 33 heavy (non-hydrogen) atoms. The minimum atomic E-state index is -0.171. The number of ether oxygens (including phenoxy) is 2. The second-order valence-electron chi connectivity index (χ2n) is 8.63. The van der Waals surface area contributed by atoms with Crippen LogP contribution in [0.5, 0.6) is 5.75 Å². The minimum absolute atomic E-state index is 0.0658. The molecule has 2 saturated heterocycles. The van der Waals surface area contributed by atoms with Crippen molar-refractivity contribution in [2.45, 2.75) is 44.6 Å². The van der Waals surface area contributed by atoms with E-state index < -0.39 is 0 Å². The normalized spacial score (nSPS) is 18.4. The molecule has 2 aliphatic heterocycles. The van der Waals surface area contributed by atoms with Gasteiger partial charge in [0.25, 0.3) is 5.91 Å². The summed E-state index contributed by atoms with van der Waals surface area (Å²) in [6.45, 7) is 3.05. The fourth-order valence-electron chi connectivity index (χ4n) is 4.23. The van der Waals surface area contributed by atoms with Gasteiger partial charge in [-0.15, -0.1) is 0 Å². The van der Waals surface area contributed by atoms with Crippen molar-refractivity contribution in [2.24, 2.45) is 0 Å². The molecule has 0 aromatic heterocycles. The standard InChI is InChI=1S/C26H33N3O4/c30-25(18-27-23-9-3-4-10-24(23)33-19-22-8-7-17-32-22)28-21-13-11-20(12-14-21)26(31)29-15-5-1-2-6-16-29/h3-4,9-14,22,27H,1-2,5-8,15-19H2,(H,28,30). The SMILES string of the molecule is O=C(CNc1ccccc1OCC1CCCO1)Nc1ccc(C(=O)N2CCCCCC2)cc1. The van der Waals surface area contributed by atoms with Crippen molar-refractivity contribution in [3.63, 3.8) is 0 Å². The minimum Gasteiger partial charge on any atom is -0.489 e. The summed E-state index contributed by atoms with van der Waals surface area (Å²) >= 11 is 0. The first-order chi connectivity index (χ1) is 16.2. The van der Waals surface area contributed by atoms with E-state index in [1.807, 2.05) is 29.2 Å². The molecular formula is C26H33N3O4. The molecule has 2 fully saturated rings. The largest absolute Gasteiger partial charge is 0.489 e. The summed E-state index contributed by atoms with van der Waals surface area (Å²) in [6.07, 6.45) is 6.73. The monoisotopic (exact) mass is 451 g/mol. The Morgan fingerprint density at radius 3 is 2.45 bits per heavy atom. The molecule has 2 aromatic carbocycles. The second kappa shape index (κ2) is 11.7. The molecule has 0 bridgehead atoms. The number of para-hydroxylation sites is 2. The maximum atomic E-state index is 12.7. The number of carbonyl (C=O) groups is 2. The first kappa shape index (κ1) is 23.1. The van der Waals surface area contributed by atoms with Crippen LogP contribution in [0.4, 0.5) is 11.4 Å². The number of anilines is 2. The maximum absolute atomic E-state index is 12.7. The average molecular weight is 452 g/mol. The predicted octanol–water partition coefficient (Wildman–Crippen LogP) is 4.31. The van der Waals surface area contributed by atoms with Crippen LogP contribution in [-0.2, 0) is 9.53 Å². The Kier molecular flexibility index (Phi) is 8.19. The zero-order valence-electron chi connectivity index (χ0n) is 19.1. The molecule has 7 heteroatoms. The van der Waals surface area contributed by atoms with Crippen LogP contribution in [0.25, 0.3) is 0 Å². The van der Waals surface area contributed by atoms with Gasteiger partial charge in [0, 0.05) is 30.9 Å². The van der Waals surface area contributed by atoms with Gasteiger partial charge >= 0.3 is 0 Å². The lowest BCUT2D eigenvalue weighted by Crippen LogP contribution is -2.31. The van der Waals surface area contributed by atoms with Gasteiger partial charge in [0.1, 0.15) is 12.4 Å². The van der Waals surface area contributed by atoms with E-state index in [0.29, 0.717) is 23.6 Å². The van der Waals surface area contributed by atoms with Gasteiger partial charge in [-0.25, -0.2) is 0 Å². The molecule has 4 rings (SSSR count). The Balaban J connectivity index is 1.26. The summed E-state index contributed by atoms with van der Waals surface area (Å²) in [5.74, 6) is 0.601. The average Bonchev–Trinajstić information content (AvgIpc) is 3.22. The van der Waals surface area contributed by atoms with E-state index in [1.54, 1.807) is 24.3 Å². The molecule has 0 spiro atoms. The number of hydrogen-bond donors (Lipinski definition) is 2. The number of hydrogen-bond acceptors (Lipinski definition) is 5.